The first-order chi connectivity index (χ1) is 18.3. The molecule has 0 aromatic carbocycles. The van der Waals surface area contributed by atoms with Crippen LogP contribution < -0.4 is 10.9 Å². The number of anilines is 1. The van der Waals surface area contributed by atoms with E-state index in [4.69, 9.17) is 0 Å². The minimum atomic E-state index is -3.42. The second kappa shape index (κ2) is 9.67. The fraction of sp³-hybridized carbons (Fsp3) is 0.400. The smallest absolute Gasteiger partial charge is 0.295 e. The number of hydrogen-bond acceptors (Lipinski definition) is 10. The van der Waals surface area contributed by atoms with Gasteiger partial charge in [0.2, 0.25) is 0 Å². The third kappa shape index (κ3) is 5.33. The van der Waals surface area contributed by atoms with E-state index in [9.17, 15) is 22.0 Å². The summed E-state index contributed by atoms with van der Waals surface area (Å²) in [5.74, 6) is -2.96. The zero-order valence-electron chi connectivity index (χ0n) is 21.7. The summed E-state index contributed by atoms with van der Waals surface area (Å²) in [4.78, 5) is 39.6. The molecule has 0 aliphatic heterocycles. The van der Waals surface area contributed by atoms with Crippen LogP contribution in [0.4, 0.5) is 14.6 Å². The molecule has 0 saturated heterocycles. The van der Waals surface area contributed by atoms with Crippen LogP contribution in [0.25, 0.3) is 22.6 Å². The molecule has 1 aliphatic rings. The van der Waals surface area contributed by atoms with Crippen LogP contribution in [0.15, 0.2) is 40.5 Å². The van der Waals surface area contributed by atoms with Crippen LogP contribution in [0.1, 0.15) is 55.7 Å². The SMILES string of the molecule is Cc1ncnc(C2CC2)c1-c1ncc2nc(NCc3ccc(S(C)(=O)=O)cn3)c(=O)n([C@@H](C)C(C)(F)F)c2n1. The van der Waals surface area contributed by atoms with Gasteiger partial charge in [0.25, 0.3) is 11.5 Å². The quantitative estimate of drug-likeness (QED) is 0.342. The molecule has 1 fully saturated rings. The van der Waals surface area contributed by atoms with Crippen molar-refractivity contribution < 1.29 is 17.2 Å². The number of alkyl halides is 2. The largest absolute Gasteiger partial charge is 0.360 e. The highest BCUT2D eigenvalue weighted by Gasteiger charge is 2.35. The van der Waals surface area contributed by atoms with Gasteiger partial charge in [-0.15, -0.1) is 0 Å². The van der Waals surface area contributed by atoms with Crippen molar-refractivity contribution in [3.8, 4) is 11.4 Å². The molecule has 1 N–H and O–H groups in total. The van der Waals surface area contributed by atoms with E-state index >= 15 is 0 Å². The maximum Gasteiger partial charge on any atom is 0.295 e. The van der Waals surface area contributed by atoms with E-state index in [1.54, 1.807) is 6.92 Å². The predicted molar refractivity (Wildman–Crippen MR) is 139 cm³/mol. The highest BCUT2D eigenvalue weighted by Crippen LogP contribution is 2.43. The van der Waals surface area contributed by atoms with Gasteiger partial charge in [0.05, 0.1) is 46.3 Å². The third-order valence-electron chi connectivity index (χ3n) is 6.67. The van der Waals surface area contributed by atoms with E-state index in [-0.39, 0.29) is 40.2 Å². The molecular weight excluding hydrogens is 530 g/mol. The van der Waals surface area contributed by atoms with Gasteiger partial charge in [0, 0.05) is 25.3 Å². The maximum absolute atomic E-state index is 14.6. The van der Waals surface area contributed by atoms with Gasteiger partial charge < -0.3 is 5.32 Å². The predicted octanol–water partition coefficient (Wildman–Crippen LogP) is 3.46. The van der Waals surface area contributed by atoms with Crippen molar-refractivity contribution in [3.63, 3.8) is 0 Å². The normalized spacial score (nSPS) is 14.9. The summed E-state index contributed by atoms with van der Waals surface area (Å²) < 4.78 is 53.4. The molecule has 0 radical (unpaired) electrons. The average molecular weight is 557 g/mol. The molecule has 4 aromatic rings. The number of sulfone groups is 1. The van der Waals surface area contributed by atoms with Gasteiger partial charge in [-0.25, -0.2) is 42.1 Å². The van der Waals surface area contributed by atoms with E-state index in [0.717, 1.165) is 36.3 Å². The second-order valence-corrected chi connectivity index (χ2v) is 11.8. The third-order valence-corrected chi connectivity index (χ3v) is 7.77. The number of rotatable bonds is 8. The lowest BCUT2D eigenvalue weighted by molar-refractivity contribution is -0.0257. The Morgan fingerprint density at radius 1 is 1.13 bits per heavy atom. The van der Waals surface area contributed by atoms with Gasteiger partial charge in [-0.1, -0.05) is 0 Å². The lowest BCUT2D eigenvalue weighted by Crippen LogP contribution is -2.35. The molecule has 14 heteroatoms. The van der Waals surface area contributed by atoms with Crippen LogP contribution >= 0.6 is 0 Å². The first-order valence-corrected chi connectivity index (χ1v) is 14.1. The van der Waals surface area contributed by atoms with Gasteiger partial charge in [0.15, 0.2) is 27.1 Å². The van der Waals surface area contributed by atoms with Gasteiger partial charge in [0.1, 0.15) is 11.8 Å². The van der Waals surface area contributed by atoms with E-state index in [1.165, 1.54) is 37.8 Å². The first kappa shape index (κ1) is 26.7. The number of nitrogens with one attached hydrogen (secondary N) is 1. The van der Waals surface area contributed by atoms with Crippen LogP contribution in [0.3, 0.4) is 0 Å². The highest BCUT2D eigenvalue weighted by atomic mass is 32.2. The highest BCUT2D eigenvalue weighted by molar-refractivity contribution is 7.90. The van der Waals surface area contributed by atoms with Crippen molar-refractivity contribution in [1.82, 2.24) is 34.5 Å². The van der Waals surface area contributed by atoms with E-state index < -0.39 is 27.4 Å². The van der Waals surface area contributed by atoms with Crippen molar-refractivity contribution in [1.29, 1.82) is 0 Å². The number of hydrogen-bond donors (Lipinski definition) is 1. The molecular formula is C25H26F2N8O3S. The number of pyridine rings is 1. The maximum atomic E-state index is 14.6. The lowest BCUT2D eigenvalue weighted by atomic mass is 10.1. The van der Waals surface area contributed by atoms with E-state index in [1.807, 2.05) is 0 Å². The topological polar surface area (TPSA) is 146 Å². The van der Waals surface area contributed by atoms with Crippen molar-refractivity contribution >= 4 is 26.8 Å². The summed E-state index contributed by atoms with van der Waals surface area (Å²) >= 11 is 0. The molecule has 1 aliphatic carbocycles. The Labute approximate surface area is 222 Å². The van der Waals surface area contributed by atoms with Crippen LogP contribution in [0.2, 0.25) is 0 Å². The molecule has 204 valence electrons. The minimum absolute atomic E-state index is 0.00107. The number of fused-ring (bicyclic) bond motifs is 1. The van der Waals surface area contributed by atoms with Crippen molar-refractivity contribution in [2.75, 3.05) is 11.6 Å². The average Bonchev–Trinajstić information content (AvgIpc) is 3.71. The molecule has 11 nitrogen and oxygen atoms in total. The Kier molecular flexibility index (Phi) is 6.61. The zero-order chi connectivity index (χ0) is 28.1. The summed E-state index contributed by atoms with van der Waals surface area (Å²) in [6.45, 7) is 3.77. The van der Waals surface area contributed by atoms with Crippen LogP contribution in [-0.4, -0.2) is 55.1 Å². The van der Waals surface area contributed by atoms with Crippen LogP contribution in [0.5, 0.6) is 0 Å². The molecule has 39 heavy (non-hydrogen) atoms. The molecule has 1 saturated carbocycles. The van der Waals surface area contributed by atoms with E-state index in [2.05, 4.69) is 35.2 Å². The first-order valence-electron chi connectivity index (χ1n) is 12.2. The summed E-state index contributed by atoms with van der Waals surface area (Å²) in [6.07, 6.45) is 7.10. The number of halogens is 2. The summed E-state index contributed by atoms with van der Waals surface area (Å²) in [7, 11) is -3.42. The van der Waals surface area contributed by atoms with Crippen molar-refractivity contribution in [3.05, 3.63) is 58.3 Å². The minimum Gasteiger partial charge on any atom is -0.360 e. The summed E-state index contributed by atoms with van der Waals surface area (Å²) in [5.41, 5.74) is 1.80. The molecule has 0 unspecified atom stereocenters. The fourth-order valence-electron chi connectivity index (χ4n) is 4.17. The van der Waals surface area contributed by atoms with Gasteiger partial charge >= 0.3 is 0 Å². The summed E-state index contributed by atoms with van der Waals surface area (Å²) in [5, 5.41) is 2.84. The Hall–Kier alpha value is -3.94. The standard InChI is InChI=1S/C25H26F2N8O3S/c1-13-19(20(15-5-6-15)32-12-31-13)21-30-11-18-23(34-21)35(14(2)25(3,26)27)24(36)22(33-18)29-9-16-7-8-17(10-28-16)39(4,37)38/h7-8,10-12,14-15H,5-6,9H2,1-4H3,(H,29,33)/t14-/m0/s1. The Morgan fingerprint density at radius 3 is 2.49 bits per heavy atom. The number of nitrogens with zero attached hydrogens (tertiary/aromatic N) is 7. The monoisotopic (exact) mass is 556 g/mol. The molecule has 5 rings (SSSR count). The lowest BCUT2D eigenvalue weighted by Gasteiger charge is -2.23. The van der Waals surface area contributed by atoms with Crippen LogP contribution in [0, 0.1) is 6.92 Å². The number of aromatic nitrogens is 7. The molecule has 4 heterocycles. The van der Waals surface area contributed by atoms with Gasteiger partial charge in [-0.05, 0) is 38.8 Å². The van der Waals surface area contributed by atoms with Gasteiger partial charge in [-0.2, -0.15) is 0 Å². The molecule has 1 atom stereocenters. The van der Waals surface area contributed by atoms with Gasteiger partial charge in [-0.3, -0.25) is 14.3 Å². The second-order valence-electron chi connectivity index (χ2n) is 9.77. The Balaban J connectivity index is 1.59. The molecule has 0 amide bonds. The molecule has 0 spiro atoms. The Morgan fingerprint density at radius 2 is 1.87 bits per heavy atom. The molecule has 4 aromatic heterocycles. The van der Waals surface area contributed by atoms with Crippen molar-refractivity contribution in [2.24, 2.45) is 0 Å². The molecule has 0 bridgehead atoms. The fourth-order valence-corrected chi connectivity index (χ4v) is 4.73. The van der Waals surface area contributed by atoms with E-state index in [0.29, 0.717) is 17.0 Å². The zero-order valence-corrected chi connectivity index (χ0v) is 22.5. The van der Waals surface area contributed by atoms with Crippen molar-refractivity contribution in [2.45, 2.75) is 62.9 Å². The Bertz CT molecular complexity index is 1730. The summed E-state index contributed by atoms with van der Waals surface area (Å²) in [6, 6.07) is 1.33. The number of aryl methyl sites for hydroxylation is 1. The van der Waals surface area contributed by atoms with Crippen LogP contribution in [-0.2, 0) is 16.4 Å².